The predicted molar refractivity (Wildman–Crippen MR) is 91.4 cm³/mol. The third kappa shape index (κ3) is 4.39. The maximum Gasteiger partial charge on any atom is 0.228 e. The van der Waals surface area contributed by atoms with E-state index in [1.165, 1.54) is 23.5 Å². The molecule has 2 heterocycles. The summed E-state index contributed by atoms with van der Waals surface area (Å²) in [6.07, 6.45) is 2.89. The molecule has 1 aromatic heterocycles. The van der Waals surface area contributed by atoms with E-state index in [9.17, 15) is 14.3 Å². The summed E-state index contributed by atoms with van der Waals surface area (Å²) in [5.41, 5.74) is 1.79. The minimum absolute atomic E-state index is 0.0757. The number of piperidine rings is 1. The number of halogens is 1. The van der Waals surface area contributed by atoms with Crippen LogP contribution in [0.2, 0.25) is 0 Å². The number of carbonyl (C=O) groups is 1. The van der Waals surface area contributed by atoms with Crippen LogP contribution in [0, 0.1) is 11.7 Å². The number of likely N-dealkylation sites (tertiary alicyclic amines) is 1. The molecule has 1 N–H and O–H groups in total. The molecule has 4 nitrogen and oxygen atoms in total. The van der Waals surface area contributed by atoms with Crippen molar-refractivity contribution in [3.05, 3.63) is 51.7 Å². The van der Waals surface area contributed by atoms with Gasteiger partial charge in [-0.05, 0) is 36.5 Å². The van der Waals surface area contributed by atoms with Crippen LogP contribution in [-0.2, 0) is 17.6 Å². The number of amides is 1. The van der Waals surface area contributed by atoms with Gasteiger partial charge in [0.2, 0.25) is 5.91 Å². The van der Waals surface area contributed by atoms with E-state index >= 15 is 0 Å². The lowest BCUT2D eigenvalue weighted by Gasteiger charge is -2.31. The summed E-state index contributed by atoms with van der Waals surface area (Å²) in [4.78, 5) is 18.8. The first-order valence-electron chi connectivity index (χ1n) is 8.20. The zero-order valence-electron chi connectivity index (χ0n) is 13.4. The van der Waals surface area contributed by atoms with Crippen molar-refractivity contribution in [3.63, 3.8) is 0 Å². The Balaban J connectivity index is 1.57. The molecule has 0 spiro atoms. The number of hydrogen-bond acceptors (Lipinski definition) is 4. The highest BCUT2D eigenvalue weighted by molar-refractivity contribution is 7.09. The molecule has 0 saturated carbocycles. The van der Waals surface area contributed by atoms with Crippen molar-refractivity contribution in [1.29, 1.82) is 0 Å². The fourth-order valence-corrected chi connectivity index (χ4v) is 3.82. The van der Waals surface area contributed by atoms with Gasteiger partial charge in [-0.15, -0.1) is 11.3 Å². The molecule has 1 aromatic carbocycles. The van der Waals surface area contributed by atoms with E-state index in [2.05, 4.69) is 4.98 Å². The summed E-state index contributed by atoms with van der Waals surface area (Å²) in [6, 6.07) is 6.40. The van der Waals surface area contributed by atoms with Gasteiger partial charge in [0.25, 0.3) is 0 Å². The normalized spacial score (nSPS) is 17.9. The van der Waals surface area contributed by atoms with Crippen molar-refractivity contribution >= 4 is 17.2 Å². The molecule has 1 unspecified atom stereocenters. The largest absolute Gasteiger partial charge is 0.396 e. The summed E-state index contributed by atoms with van der Waals surface area (Å²) in [7, 11) is 0. The highest BCUT2D eigenvalue weighted by Gasteiger charge is 2.23. The second kappa shape index (κ2) is 7.85. The van der Waals surface area contributed by atoms with Crippen LogP contribution >= 0.6 is 11.3 Å². The molecule has 0 bridgehead atoms. The van der Waals surface area contributed by atoms with Crippen LogP contribution in [0.15, 0.2) is 29.6 Å². The third-order valence-corrected chi connectivity index (χ3v) is 5.23. The molecule has 128 valence electrons. The molecule has 0 radical (unpaired) electrons. The molecule has 1 fully saturated rings. The molecule has 1 aliphatic rings. The quantitative estimate of drug-likeness (QED) is 0.904. The Kier molecular flexibility index (Phi) is 5.58. The first-order chi connectivity index (χ1) is 11.6. The van der Waals surface area contributed by atoms with Crippen LogP contribution < -0.4 is 0 Å². The van der Waals surface area contributed by atoms with Crippen molar-refractivity contribution in [1.82, 2.24) is 9.88 Å². The molecule has 2 aromatic rings. The van der Waals surface area contributed by atoms with E-state index < -0.39 is 0 Å². The van der Waals surface area contributed by atoms with Crippen LogP contribution in [0.3, 0.4) is 0 Å². The average Bonchev–Trinajstić information content (AvgIpc) is 3.04. The summed E-state index contributed by atoms with van der Waals surface area (Å²) < 4.78 is 12.9. The lowest BCUT2D eigenvalue weighted by Crippen LogP contribution is -2.41. The van der Waals surface area contributed by atoms with Gasteiger partial charge in [0.15, 0.2) is 0 Å². The maximum atomic E-state index is 12.9. The molecule has 1 amide bonds. The van der Waals surface area contributed by atoms with Crippen LogP contribution in [0.1, 0.15) is 29.1 Å². The smallest absolute Gasteiger partial charge is 0.228 e. The number of carbonyl (C=O) groups excluding carboxylic acids is 1. The van der Waals surface area contributed by atoms with Crippen LogP contribution in [0.5, 0.6) is 0 Å². The van der Waals surface area contributed by atoms with Gasteiger partial charge in [-0.1, -0.05) is 12.1 Å². The van der Waals surface area contributed by atoms with Gasteiger partial charge in [0, 0.05) is 31.5 Å². The Morgan fingerprint density at radius 2 is 2.17 bits per heavy atom. The highest BCUT2D eigenvalue weighted by atomic mass is 32.1. The van der Waals surface area contributed by atoms with Crippen LogP contribution in [0.25, 0.3) is 0 Å². The summed E-state index contributed by atoms with van der Waals surface area (Å²) >= 11 is 1.53. The first kappa shape index (κ1) is 17.0. The Morgan fingerprint density at radius 1 is 1.38 bits per heavy atom. The molecule has 0 aliphatic carbocycles. The van der Waals surface area contributed by atoms with E-state index in [1.807, 2.05) is 10.3 Å². The number of benzene rings is 1. The minimum Gasteiger partial charge on any atom is -0.396 e. The van der Waals surface area contributed by atoms with E-state index in [0.717, 1.165) is 35.7 Å². The molecule has 1 saturated heterocycles. The number of aliphatic hydroxyl groups is 1. The van der Waals surface area contributed by atoms with Gasteiger partial charge < -0.3 is 10.0 Å². The zero-order valence-corrected chi connectivity index (χ0v) is 14.3. The van der Waals surface area contributed by atoms with E-state index in [-0.39, 0.29) is 24.2 Å². The maximum absolute atomic E-state index is 12.9. The van der Waals surface area contributed by atoms with Crippen molar-refractivity contribution in [2.45, 2.75) is 25.7 Å². The van der Waals surface area contributed by atoms with Gasteiger partial charge in [-0.2, -0.15) is 0 Å². The number of aliphatic hydroxyl groups excluding tert-OH is 1. The molecular weight excluding hydrogens is 327 g/mol. The van der Waals surface area contributed by atoms with Gasteiger partial charge in [0.1, 0.15) is 5.82 Å². The van der Waals surface area contributed by atoms with Crippen LogP contribution in [-0.4, -0.2) is 40.6 Å². The summed E-state index contributed by atoms with van der Waals surface area (Å²) in [5, 5.41) is 12.1. The number of hydrogen-bond donors (Lipinski definition) is 1. The Labute approximate surface area is 145 Å². The topological polar surface area (TPSA) is 53.4 Å². The van der Waals surface area contributed by atoms with Gasteiger partial charge in [0.05, 0.1) is 17.1 Å². The number of rotatable bonds is 5. The SMILES string of the molecule is O=C(Cc1csc(Cc2ccc(F)cc2)n1)N1CCCC(CO)C1. The summed E-state index contributed by atoms with van der Waals surface area (Å²) in [5.74, 6) is 0.0332. The van der Waals surface area contributed by atoms with E-state index in [4.69, 9.17) is 0 Å². The summed E-state index contributed by atoms with van der Waals surface area (Å²) in [6.45, 7) is 1.55. The molecule has 3 rings (SSSR count). The van der Waals surface area contributed by atoms with Crippen molar-refractivity contribution in [2.24, 2.45) is 5.92 Å². The lowest BCUT2D eigenvalue weighted by atomic mass is 9.99. The number of nitrogens with zero attached hydrogens (tertiary/aromatic N) is 2. The Hall–Kier alpha value is -1.79. The standard InChI is InChI=1S/C18H21FN2O2S/c19-15-5-3-13(4-6-15)8-17-20-16(12-24-17)9-18(23)21-7-1-2-14(10-21)11-22/h3-6,12,14,22H,1-2,7-11H2. The fraction of sp³-hybridized carbons (Fsp3) is 0.444. The second-order valence-electron chi connectivity index (χ2n) is 6.24. The third-order valence-electron chi connectivity index (χ3n) is 4.33. The van der Waals surface area contributed by atoms with Gasteiger partial charge >= 0.3 is 0 Å². The number of aromatic nitrogens is 1. The lowest BCUT2D eigenvalue weighted by molar-refractivity contribution is -0.132. The fourth-order valence-electron chi connectivity index (χ4n) is 3.00. The molecule has 1 atom stereocenters. The Morgan fingerprint density at radius 3 is 2.92 bits per heavy atom. The minimum atomic E-state index is -0.244. The van der Waals surface area contributed by atoms with Gasteiger partial charge in [-0.25, -0.2) is 9.37 Å². The van der Waals surface area contributed by atoms with E-state index in [0.29, 0.717) is 19.4 Å². The highest BCUT2D eigenvalue weighted by Crippen LogP contribution is 2.19. The van der Waals surface area contributed by atoms with Gasteiger partial charge in [-0.3, -0.25) is 4.79 Å². The monoisotopic (exact) mass is 348 g/mol. The molecule has 6 heteroatoms. The van der Waals surface area contributed by atoms with E-state index in [1.54, 1.807) is 12.1 Å². The van der Waals surface area contributed by atoms with Crippen LogP contribution in [0.4, 0.5) is 4.39 Å². The first-order valence-corrected chi connectivity index (χ1v) is 9.08. The molecule has 1 aliphatic heterocycles. The van der Waals surface area contributed by atoms with Crippen molar-refractivity contribution < 1.29 is 14.3 Å². The predicted octanol–water partition coefficient (Wildman–Crippen LogP) is 2.65. The molecule has 24 heavy (non-hydrogen) atoms. The second-order valence-corrected chi connectivity index (χ2v) is 7.19. The van der Waals surface area contributed by atoms with Crippen molar-refractivity contribution in [2.75, 3.05) is 19.7 Å². The Bertz CT molecular complexity index is 687. The van der Waals surface area contributed by atoms with Crippen molar-refractivity contribution in [3.8, 4) is 0 Å². The average molecular weight is 348 g/mol. The number of thiazole rings is 1. The molecular formula is C18H21FN2O2S. The zero-order chi connectivity index (χ0) is 16.9.